The molecule has 3 nitrogen and oxygen atoms in total. The molecule has 1 aromatic rings. The maximum absolute atomic E-state index is 12.6. The summed E-state index contributed by atoms with van der Waals surface area (Å²) in [7, 11) is 0. The predicted octanol–water partition coefficient (Wildman–Crippen LogP) is 2.21. The van der Waals surface area contributed by atoms with Crippen LogP contribution in [0.5, 0.6) is 0 Å². The van der Waals surface area contributed by atoms with Crippen molar-refractivity contribution in [1.29, 1.82) is 0 Å². The van der Waals surface area contributed by atoms with Gasteiger partial charge >= 0.3 is 12.3 Å². The first-order valence-electron chi connectivity index (χ1n) is 5.05. The van der Waals surface area contributed by atoms with Gasteiger partial charge in [-0.1, -0.05) is 12.1 Å². The van der Waals surface area contributed by atoms with Crippen LogP contribution in [0.25, 0.3) is 0 Å². The Labute approximate surface area is 101 Å². The Morgan fingerprint density at radius 2 is 2.06 bits per heavy atom. The molecule has 0 atom stereocenters. The summed E-state index contributed by atoms with van der Waals surface area (Å²) in [4.78, 5) is 11.5. The van der Waals surface area contributed by atoms with Crippen molar-refractivity contribution in [1.82, 2.24) is 5.32 Å². The molecule has 1 amide bonds. The Morgan fingerprint density at radius 3 is 2.61 bits per heavy atom. The second-order valence-corrected chi connectivity index (χ2v) is 3.78. The van der Waals surface area contributed by atoms with E-state index in [0.29, 0.717) is 5.56 Å². The fraction of sp³-hybridized carbons (Fsp3) is 0.364. The van der Waals surface area contributed by atoms with Crippen LogP contribution in [0.2, 0.25) is 0 Å². The van der Waals surface area contributed by atoms with Crippen molar-refractivity contribution in [3.8, 4) is 0 Å². The number of nitrogen functional groups attached to an aromatic ring is 1. The maximum atomic E-state index is 12.6. The first-order chi connectivity index (χ1) is 8.25. The molecule has 0 radical (unpaired) electrons. The van der Waals surface area contributed by atoms with Crippen LogP contribution in [0, 0.1) is 6.92 Å². The van der Waals surface area contributed by atoms with Gasteiger partial charge in [0.2, 0.25) is 0 Å². The summed E-state index contributed by atoms with van der Waals surface area (Å²) in [6, 6.07) is 4.49. The minimum atomic E-state index is -4.26. The van der Waals surface area contributed by atoms with E-state index in [2.05, 4.69) is 0 Å². The summed E-state index contributed by atoms with van der Waals surface area (Å²) >= 11 is 0. The molecule has 0 aliphatic carbocycles. The molecule has 0 spiro atoms. The van der Waals surface area contributed by atoms with Crippen molar-refractivity contribution in [2.75, 3.05) is 12.3 Å². The SMILES string of the molecule is Cc1cccc(C(=O)NCC(F)(F)C(F)F)c1N. The van der Waals surface area contributed by atoms with Gasteiger partial charge in [0, 0.05) is 5.69 Å². The highest BCUT2D eigenvalue weighted by Crippen LogP contribution is 2.22. The van der Waals surface area contributed by atoms with Crippen LogP contribution < -0.4 is 11.1 Å². The first-order valence-corrected chi connectivity index (χ1v) is 5.05. The minimum Gasteiger partial charge on any atom is -0.398 e. The first kappa shape index (κ1) is 14.3. The number of halogens is 4. The van der Waals surface area contributed by atoms with E-state index in [1.54, 1.807) is 18.3 Å². The van der Waals surface area contributed by atoms with E-state index < -0.39 is 24.8 Å². The largest absolute Gasteiger partial charge is 0.398 e. The number of rotatable bonds is 4. The third kappa shape index (κ3) is 3.12. The number of aryl methyl sites for hydroxylation is 1. The zero-order chi connectivity index (χ0) is 13.9. The fourth-order valence-electron chi connectivity index (χ4n) is 1.25. The number of benzene rings is 1. The number of carbonyl (C=O) groups excluding carboxylic acids is 1. The van der Waals surface area contributed by atoms with Gasteiger partial charge in [0.05, 0.1) is 12.1 Å². The number of hydrogen-bond acceptors (Lipinski definition) is 2. The van der Waals surface area contributed by atoms with E-state index in [-0.39, 0.29) is 11.3 Å². The number of hydrogen-bond donors (Lipinski definition) is 2. The summed E-state index contributed by atoms with van der Waals surface area (Å²) < 4.78 is 49.0. The van der Waals surface area contributed by atoms with E-state index >= 15 is 0 Å². The lowest BCUT2D eigenvalue weighted by atomic mass is 10.1. The van der Waals surface area contributed by atoms with E-state index in [1.165, 1.54) is 12.1 Å². The Morgan fingerprint density at radius 1 is 1.44 bits per heavy atom. The zero-order valence-electron chi connectivity index (χ0n) is 9.51. The third-order valence-corrected chi connectivity index (χ3v) is 2.37. The summed E-state index contributed by atoms with van der Waals surface area (Å²) in [5.74, 6) is -5.16. The smallest absolute Gasteiger partial charge is 0.324 e. The summed E-state index contributed by atoms with van der Waals surface area (Å²) in [6.45, 7) is 0.205. The second kappa shape index (κ2) is 5.24. The number of nitrogens with one attached hydrogen (secondary N) is 1. The third-order valence-electron chi connectivity index (χ3n) is 2.37. The number of carbonyl (C=O) groups is 1. The highest BCUT2D eigenvalue weighted by atomic mass is 19.3. The number of para-hydroxylation sites is 1. The number of nitrogens with two attached hydrogens (primary N) is 1. The molecule has 1 aromatic carbocycles. The molecular weight excluding hydrogens is 252 g/mol. The molecule has 0 unspecified atom stereocenters. The van der Waals surface area contributed by atoms with E-state index in [1.807, 2.05) is 0 Å². The molecule has 1 rings (SSSR count). The molecule has 0 saturated heterocycles. The van der Waals surface area contributed by atoms with Crippen LogP contribution >= 0.6 is 0 Å². The minimum absolute atomic E-state index is 0.0138. The van der Waals surface area contributed by atoms with Crippen molar-refractivity contribution in [3.05, 3.63) is 29.3 Å². The highest BCUT2D eigenvalue weighted by molar-refractivity contribution is 5.99. The van der Waals surface area contributed by atoms with Gasteiger partial charge in [0.25, 0.3) is 5.91 Å². The van der Waals surface area contributed by atoms with Crippen molar-refractivity contribution in [3.63, 3.8) is 0 Å². The van der Waals surface area contributed by atoms with E-state index in [0.717, 1.165) is 0 Å². The Hall–Kier alpha value is -1.79. The molecular formula is C11H12F4N2O. The van der Waals surface area contributed by atoms with Gasteiger partial charge in [0.1, 0.15) is 0 Å². The van der Waals surface area contributed by atoms with Crippen LogP contribution in [0.3, 0.4) is 0 Å². The summed E-state index contributed by atoms with van der Waals surface area (Å²) in [6.07, 6.45) is -3.83. The van der Waals surface area contributed by atoms with Crippen LogP contribution in [-0.4, -0.2) is 24.8 Å². The second-order valence-electron chi connectivity index (χ2n) is 3.78. The number of anilines is 1. The Balaban J connectivity index is 2.75. The molecule has 0 fully saturated rings. The maximum Gasteiger partial charge on any atom is 0.324 e. The molecule has 18 heavy (non-hydrogen) atoms. The average Bonchev–Trinajstić information content (AvgIpc) is 2.29. The molecule has 0 bridgehead atoms. The standard InChI is InChI=1S/C11H12F4N2O/c1-6-3-2-4-7(8(6)16)9(18)17-5-11(14,15)10(12)13/h2-4,10H,5,16H2,1H3,(H,17,18). The number of amides is 1. The van der Waals surface area contributed by atoms with Crippen LogP contribution in [0.4, 0.5) is 23.2 Å². The van der Waals surface area contributed by atoms with Gasteiger partial charge in [-0.25, -0.2) is 8.78 Å². The fourth-order valence-corrected chi connectivity index (χ4v) is 1.25. The summed E-state index contributed by atoms with van der Waals surface area (Å²) in [5, 5.41) is 1.74. The predicted molar refractivity (Wildman–Crippen MR) is 58.9 cm³/mol. The van der Waals surface area contributed by atoms with E-state index in [9.17, 15) is 22.4 Å². The molecule has 0 aliphatic heterocycles. The van der Waals surface area contributed by atoms with Gasteiger partial charge in [-0.05, 0) is 18.6 Å². The monoisotopic (exact) mass is 264 g/mol. The normalized spacial score (nSPS) is 11.7. The van der Waals surface area contributed by atoms with Crippen molar-refractivity contribution in [2.45, 2.75) is 19.3 Å². The van der Waals surface area contributed by atoms with Gasteiger partial charge in [0.15, 0.2) is 0 Å². The zero-order valence-corrected chi connectivity index (χ0v) is 9.51. The number of alkyl halides is 4. The van der Waals surface area contributed by atoms with E-state index in [4.69, 9.17) is 5.73 Å². The molecule has 3 N–H and O–H groups in total. The van der Waals surface area contributed by atoms with Gasteiger partial charge in [-0.2, -0.15) is 8.78 Å². The lowest BCUT2D eigenvalue weighted by Gasteiger charge is -2.16. The molecule has 100 valence electrons. The van der Waals surface area contributed by atoms with Crippen LogP contribution in [0.1, 0.15) is 15.9 Å². The molecule has 0 heterocycles. The van der Waals surface area contributed by atoms with Crippen molar-refractivity contribution < 1.29 is 22.4 Å². The van der Waals surface area contributed by atoms with Crippen LogP contribution in [-0.2, 0) is 0 Å². The topological polar surface area (TPSA) is 55.1 Å². The molecule has 0 saturated carbocycles. The lowest BCUT2D eigenvalue weighted by molar-refractivity contribution is -0.123. The van der Waals surface area contributed by atoms with Crippen molar-refractivity contribution in [2.24, 2.45) is 0 Å². The summed E-state index contributed by atoms with van der Waals surface area (Å²) in [5.41, 5.74) is 6.31. The molecule has 7 heteroatoms. The molecule has 0 aromatic heterocycles. The van der Waals surface area contributed by atoms with Crippen LogP contribution in [0.15, 0.2) is 18.2 Å². The Bertz CT molecular complexity index is 449. The van der Waals surface area contributed by atoms with Crippen molar-refractivity contribution >= 4 is 11.6 Å². The quantitative estimate of drug-likeness (QED) is 0.647. The van der Waals surface area contributed by atoms with Gasteiger partial charge in [-0.3, -0.25) is 4.79 Å². The molecule has 0 aliphatic rings. The average molecular weight is 264 g/mol. The highest BCUT2D eigenvalue weighted by Gasteiger charge is 2.40. The lowest BCUT2D eigenvalue weighted by Crippen LogP contribution is -2.41. The Kier molecular flexibility index (Phi) is 4.15. The van der Waals surface area contributed by atoms with Gasteiger partial charge < -0.3 is 11.1 Å². The van der Waals surface area contributed by atoms with Gasteiger partial charge in [-0.15, -0.1) is 0 Å².